The molecule has 0 aliphatic heterocycles. The van der Waals surface area contributed by atoms with Gasteiger partial charge in [0, 0.05) is 11.6 Å². The third-order valence-corrected chi connectivity index (χ3v) is 4.45. The summed E-state index contributed by atoms with van der Waals surface area (Å²) in [4.78, 5) is 22.7. The molecule has 164 valence electrons. The highest BCUT2D eigenvalue weighted by Gasteiger charge is 2.15. The van der Waals surface area contributed by atoms with E-state index in [0.717, 1.165) is 5.56 Å². The van der Waals surface area contributed by atoms with Crippen LogP contribution in [0.4, 0.5) is 5.69 Å². The Balaban J connectivity index is 1.62. The summed E-state index contributed by atoms with van der Waals surface area (Å²) in [5, 5.41) is 15.0. The Kier molecular flexibility index (Phi) is 7.91. The first kappa shape index (κ1) is 22.5. The van der Waals surface area contributed by atoms with Crippen molar-refractivity contribution in [2.24, 2.45) is 5.10 Å². The zero-order valence-corrected chi connectivity index (χ0v) is 17.6. The van der Waals surface area contributed by atoms with E-state index in [0.29, 0.717) is 35.8 Å². The maximum atomic E-state index is 12.1. The predicted molar refractivity (Wildman–Crippen MR) is 121 cm³/mol. The van der Waals surface area contributed by atoms with E-state index in [4.69, 9.17) is 9.47 Å². The van der Waals surface area contributed by atoms with Gasteiger partial charge < -0.3 is 9.47 Å². The number of nitrogens with one attached hydrogen (secondary N) is 1. The molecule has 8 heteroatoms. The predicted octanol–water partition coefficient (Wildman–Crippen LogP) is 4.27. The summed E-state index contributed by atoms with van der Waals surface area (Å²) < 4.78 is 11.5. The fourth-order valence-electron chi connectivity index (χ4n) is 2.96. The second kappa shape index (κ2) is 11.3. The number of hydrazone groups is 1. The Morgan fingerprint density at radius 3 is 2.53 bits per heavy atom. The van der Waals surface area contributed by atoms with E-state index in [1.165, 1.54) is 12.3 Å². The van der Waals surface area contributed by atoms with Gasteiger partial charge in [0.15, 0.2) is 11.5 Å². The largest absolute Gasteiger partial charge is 0.490 e. The molecule has 0 spiro atoms. The molecule has 0 aromatic heterocycles. The van der Waals surface area contributed by atoms with Crippen molar-refractivity contribution in [3.05, 3.63) is 99.6 Å². The highest BCUT2D eigenvalue weighted by atomic mass is 16.6. The SMILES string of the molecule is CCOc1cc(C=NNC(=O)Cc2ccccc2[N+](=O)[O-])ccc1OCc1ccccc1. The lowest BCUT2D eigenvalue weighted by Gasteiger charge is -2.12. The van der Waals surface area contributed by atoms with Crippen molar-refractivity contribution in [2.45, 2.75) is 20.0 Å². The number of carbonyl (C=O) groups excluding carboxylic acids is 1. The van der Waals surface area contributed by atoms with Crippen molar-refractivity contribution in [2.75, 3.05) is 6.61 Å². The fraction of sp³-hybridized carbons (Fsp3) is 0.167. The maximum Gasteiger partial charge on any atom is 0.273 e. The molecule has 8 nitrogen and oxygen atoms in total. The molecule has 32 heavy (non-hydrogen) atoms. The maximum absolute atomic E-state index is 12.1. The smallest absolute Gasteiger partial charge is 0.273 e. The zero-order chi connectivity index (χ0) is 22.8. The van der Waals surface area contributed by atoms with Crippen LogP contribution in [0.15, 0.2) is 77.9 Å². The third-order valence-electron chi connectivity index (χ3n) is 4.45. The Morgan fingerprint density at radius 1 is 1.03 bits per heavy atom. The number of carbonyl (C=O) groups is 1. The number of hydrogen-bond acceptors (Lipinski definition) is 6. The van der Waals surface area contributed by atoms with Gasteiger partial charge in [-0.15, -0.1) is 0 Å². The van der Waals surface area contributed by atoms with Gasteiger partial charge >= 0.3 is 0 Å². The van der Waals surface area contributed by atoms with Crippen LogP contribution in [0.5, 0.6) is 11.5 Å². The van der Waals surface area contributed by atoms with Gasteiger partial charge in [0.25, 0.3) is 5.69 Å². The molecule has 0 heterocycles. The van der Waals surface area contributed by atoms with E-state index in [1.807, 2.05) is 37.3 Å². The molecule has 0 bridgehead atoms. The summed E-state index contributed by atoms with van der Waals surface area (Å²) in [5.41, 5.74) is 4.36. The Hall–Kier alpha value is -4.20. The summed E-state index contributed by atoms with van der Waals surface area (Å²) in [6.45, 7) is 2.76. The van der Waals surface area contributed by atoms with Crippen molar-refractivity contribution >= 4 is 17.8 Å². The standard InChI is InChI=1S/C24H23N3O5/c1-2-31-23-14-19(12-13-22(23)32-17-18-8-4-3-5-9-18)16-25-26-24(28)15-20-10-6-7-11-21(20)27(29)30/h3-14,16H,2,15,17H2,1H3,(H,26,28). The molecule has 0 fully saturated rings. The van der Waals surface area contributed by atoms with Crippen LogP contribution in [0, 0.1) is 10.1 Å². The first-order valence-electron chi connectivity index (χ1n) is 10.0. The Morgan fingerprint density at radius 2 is 1.78 bits per heavy atom. The minimum absolute atomic E-state index is 0.0981. The lowest BCUT2D eigenvalue weighted by Crippen LogP contribution is -2.20. The minimum Gasteiger partial charge on any atom is -0.490 e. The molecule has 1 amide bonds. The molecule has 3 rings (SSSR count). The van der Waals surface area contributed by atoms with Crippen LogP contribution in [0.3, 0.4) is 0 Å². The van der Waals surface area contributed by atoms with Gasteiger partial charge in [-0.2, -0.15) is 5.10 Å². The summed E-state index contributed by atoms with van der Waals surface area (Å²) in [6.07, 6.45) is 1.33. The first-order valence-corrected chi connectivity index (χ1v) is 10.0. The lowest BCUT2D eigenvalue weighted by molar-refractivity contribution is -0.385. The third kappa shape index (κ3) is 6.40. The van der Waals surface area contributed by atoms with Crippen LogP contribution >= 0.6 is 0 Å². The van der Waals surface area contributed by atoms with Crippen LogP contribution in [0.1, 0.15) is 23.6 Å². The number of hydrogen-bond donors (Lipinski definition) is 1. The van der Waals surface area contributed by atoms with Crippen LogP contribution in [0.25, 0.3) is 0 Å². The van der Waals surface area contributed by atoms with Crippen molar-refractivity contribution in [3.8, 4) is 11.5 Å². The van der Waals surface area contributed by atoms with Gasteiger partial charge in [0.2, 0.25) is 5.91 Å². The first-order chi connectivity index (χ1) is 15.6. The number of nitro benzene ring substituents is 1. The molecule has 0 aliphatic rings. The van der Waals surface area contributed by atoms with Crippen LogP contribution in [-0.2, 0) is 17.8 Å². The summed E-state index contributed by atoms with van der Waals surface area (Å²) in [6, 6.07) is 21.3. The second-order valence-electron chi connectivity index (χ2n) is 6.77. The number of nitro groups is 1. The molecular weight excluding hydrogens is 410 g/mol. The number of rotatable bonds is 10. The topological polar surface area (TPSA) is 103 Å². The van der Waals surface area contributed by atoms with Crippen LogP contribution < -0.4 is 14.9 Å². The number of para-hydroxylation sites is 1. The number of nitrogens with zero attached hydrogens (tertiary/aromatic N) is 2. The fourth-order valence-corrected chi connectivity index (χ4v) is 2.96. The molecule has 3 aromatic carbocycles. The van der Waals surface area contributed by atoms with Gasteiger partial charge in [-0.1, -0.05) is 48.5 Å². The Labute approximate surface area is 185 Å². The molecule has 0 atom stereocenters. The highest BCUT2D eigenvalue weighted by Crippen LogP contribution is 2.29. The van der Waals surface area contributed by atoms with E-state index < -0.39 is 10.8 Å². The molecule has 0 saturated heterocycles. The molecule has 0 radical (unpaired) electrons. The van der Waals surface area contributed by atoms with Crippen molar-refractivity contribution in [3.63, 3.8) is 0 Å². The van der Waals surface area contributed by atoms with E-state index in [-0.39, 0.29) is 12.1 Å². The minimum atomic E-state index is -0.511. The average Bonchev–Trinajstić information content (AvgIpc) is 2.79. The number of benzene rings is 3. The van der Waals surface area contributed by atoms with Crippen LogP contribution in [-0.4, -0.2) is 23.7 Å². The highest BCUT2D eigenvalue weighted by molar-refractivity contribution is 5.84. The summed E-state index contributed by atoms with van der Waals surface area (Å²) in [7, 11) is 0. The lowest BCUT2D eigenvalue weighted by atomic mass is 10.1. The molecule has 0 aliphatic carbocycles. The van der Waals surface area contributed by atoms with Gasteiger partial charge in [-0.3, -0.25) is 14.9 Å². The molecule has 0 saturated carbocycles. The second-order valence-corrected chi connectivity index (χ2v) is 6.77. The molecule has 3 aromatic rings. The molecule has 1 N–H and O–H groups in total. The Bertz CT molecular complexity index is 1100. The quantitative estimate of drug-likeness (QED) is 0.292. The molecular formula is C24H23N3O5. The van der Waals surface area contributed by atoms with Gasteiger partial charge in [-0.25, -0.2) is 5.43 Å². The van der Waals surface area contributed by atoms with Crippen LogP contribution in [0.2, 0.25) is 0 Å². The van der Waals surface area contributed by atoms with Gasteiger partial charge in [0.1, 0.15) is 6.61 Å². The van der Waals surface area contributed by atoms with Gasteiger partial charge in [0.05, 0.1) is 24.2 Å². The summed E-state index contributed by atoms with van der Waals surface area (Å²) >= 11 is 0. The van der Waals surface area contributed by atoms with E-state index >= 15 is 0 Å². The zero-order valence-electron chi connectivity index (χ0n) is 17.6. The monoisotopic (exact) mass is 433 g/mol. The molecule has 0 unspecified atom stereocenters. The van der Waals surface area contributed by atoms with Gasteiger partial charge in [-0.05, 0) is 36.2 Å². The van der Waals surface area contributed by atoms with Crippen molar-refractivity contribution in [1.82, 2.24) is 5.43 Å². The average molecular weight is 433 g/mol. The number of amides is 1. The normalized spacial score (nSPS) is 10.7. The van der Waals surface area contributed by atoms with E-state index in [2.05, 4.69) is 10.5 Å². The van der Waals surface area contributed by atoms with E-state index in [1.54, 1.807) is 36.4 Å². The van der Waals surface area contributed by atoms with E-state index in [9.17, 15) is 14.9 Å². The summed E-state index contributed by atoms with van der Waals surface area (Å²) in [5.74, 6) is 0.718. The number of ether oxygens (including phenoxy) is 2. The van der Waals surface area contributed by atoms with Crippen molar-refractivity contribution in [1.29, 1.82) is 0 Å². The van der Waals surface area contributed by atoms with Crippen molar-refractivity contribution < 1.29 is 19.2 Å².